The molecule has 0 aliphatic heterocycles. The maximum atomic E-state index is 8.77. The molecule has 1 unspecified atom stereocenters. The quantitative estimate of drug-likeness (QED) is 0.704. The fourth-order valence-corrected chi connectivity index (χ4v) is 1.73. The number of rotatable bonds is 5. The van der Waals surface area contributed by atoms with Crippen LogP contribution in [-0.2, 0) is 0 Å². The van der Waals surface area contributed by atoms with Crippen LogP contribution in [0.2, 0.25) is 0 Å². The van der Waals surface area contributed by atoms with E-state index < -0.39 is 0 Å². The van der Waals surface area contributed by atoms with Gasteiger partial charge >= 0.3 is 0 Å². The van der Waals surface area contributed by atoms with Crippen molar-refractivity contribution in [1.82, 2.24) is 5.32 Å². The van der Waals surface area contributed by atoms with E-state index in [1.807, 2.05) is 0 Å². The average Bonchev–Trinajstić information content (AvgIpc) is 2.87. The molecule has 0 heterocycles. The number of nitrogens with one attached hydrogen (secondary N) is 1. The standard InChI is InChI=1S/C11H20N2/c1-4-10(7-12)13-8-11(5-6-11)9(2)3/h9-10,13H,4-6,8H2,1-3H3. The van der Waals surface area contributed by atoms with Crippen LogP contribution in [0.4, 0.5) is 0 Å². The van der Waals surface area contributed by atoms with Crippen molar-refractivity contribution in [2.24, 2.45) is 11.3 Å². The normalized spacial score (nSPS) is 21.2. The Bertz CT molecular complexity index is 199. The van der Waals surface area contributed by atoms with Gasteiger partial charge in [0.05, 0.1) is 12.1 Å². The van der Waals surface area contributed by atoms with Crippen LogP contribution in [0.1, 0.15) is 40.0 Å². The van der Waals surface area contributed by atoms with Crippen LogP contribution in [0.3, 0.4) is 0 Å². The first kappa shape index (κ1) is 10.5. The molecule has 13 heavy (non-hydrogen) atoms. The topological polar surface area (TPSA) is 35.8 Å². The van der Waals surface area contributed by atoms with E-state index in [0.717, 1.165) is 18.9 Å². The summed E-state index contributed by atoms with van der Waals surface area (Å²) < 4.78 is 0. The van der Waals surface area contributed by atoms with Crippen LogP contribution in [0.5, 0.6) is 0 Å². The molecule has 0 aromatic rings. The van der Waals surface area contributed by atoms with Gasteiger partial charge in [0.2, 0.25) is 0 Å². The highest BCUT2D eigenvalue weighted by Crippen LogP contribution is 2.51. The van der Waals surface area contributed by atoms with Crippen LogP contribution >= 0.6 is 0 Å². The third kappa shape index (κ3) is 2.45. The predicted octanol–water partition coefficient (Wildman–Crippen LogP) is 2.31. The second-order valence-corrected chi connectivity index (χ2v) is 4.49. The maximum absolute atomic E-state index is 8.77. The lowest BCUT2D eigenvalue weighted by molar-refractivity contribution is 0.329. The van der Waals surface area contributed by atoms with Gasteiger partial charge in [-0.1, -0.05) is 20.8 Å². The molecule has 2 heteroatoms. The van der Waals surface area contributed by atoms with Gasteiger partial charge in [-0.05, 0) is 30.6 Å². The Hall–Kier alpha value is -0.550. The Morgan fingerprint density at radius 1 is 1.46 bits per heavy atom. The Kier molecular flexibility index (Phi) is 3.33. The number of hydrogen-bond acceptors (Lipinski definition) is 2. The van der Waals surface area contributed by atoms with Gasteiger partial charge < -0.3 is 5.32 Å². The van der Waals surface area contributed by atoms with Gasteiger partial charge in [0.25, 0.3) is 0 Å². The van der Waals surface area contributed by atoms with E-state index in [4.69, 9.17) is 5.26 Å². The Labute approximate surface area is 81.3 Å². The van der Waals surface area contributed by atoms with E-state index in [2.05, 4.69) is 32.2 Å². The molecule has 0 aromatic heterocycles. The molecule has 0 saturated heterocycles. The molecule has 74 valence electrons. The van der Waals surface area contributed by atoms with Crippen molar-refractivity contribution in [1.29, 1.82) is 5.26 Å². The van der Waals surface area contributed by atoms with Crippen molar-refractivity contribution >= 4 is 0 Å². The van der Waals surface area contributed by atoms with Crippen molar-refractivity contribution in [3.8, 4) is 6.07 Å². The lowest BCUT2D eigenvalue weighted by Gasteiger charge is -2.21. The summed E-state index contributed by atoms with van der Waals surface area (Å²) >= 11 is 0. The van der Waals surface area contributed by atoms with Crippen LogP contribution in [-0.4, -0.2) is 12.6 Å². The van der Waals surface area contributed by atoms with Crippen molar-refractivity contribution < 1.29 is 0 Å². The zero-order valence-corrected chi connectivity index (χ0v) is 8.93. The van der Waals surface area contributed by atoms with Gasteiger partial charge in [-0.2, -0.15) is 5.26 Å². The summed E-state index contributed by atoms with van der Waals surface area (Å²) in [5.74, 6) is 0.746. The lowest BCUT2D eigenvalue weighted by atomic mass is 9.92. The average molecular weight is 180 g/mol. The zero-order chi connectivity index (χ0) is 9.90. The Balaban J connectivity index is 2.30. The van der Waals surface area contributed by atoms with Gasteiger partial charge in [-0.15, -0.1) is 0 Å². The molecule has 2 nitrogen and oxygen atoms in total. The molecule has 1 saturated carbocycles. The predicted molar refractivity (Wildman–Crippen MR) is 54.2 cm³/mol. The van der Waals surface area contributed by atoms with E-state index in [0.29, 0.717) is 5.41 Å². The first-order chi connectivity index (χ1) is 6.14. The zero-order valence-electron chi connectivity index (χ0n) is 8.93. The highest BCUT2D eigenvalue weighted by atomic mass is 14.9. The van der Waals surface area contributed by atoms with Crippen LogP contribution in [0, 0.1) is 22.7 Å². The summed E-state index contributed by atoms with van der Waals surface area (Å²) in [6.45, 7) is 7.64. The summed E-state index contributed by atoms with van der Waals surface area (Å²) in [7, 11) is 0. The van der Waals surface area contributed by atoms with Gasteiger partial charge in [-0.3, -0.25) is 0 Å². The monoisotopic (exact) mass is 180 g/mol. The minimum atomic E-state index is 0.0521. The lowest BCUT2D eigenvalue weighted by Crippen LogP contribution is -2.34. The first-order valence-corrected chi connectivity index (χ1v) is 5.27. The van der Waals surface area contributed by atoms with E-state index >= 15 is 0 Å². The molecule has 1 atom stereocenters. The molecule has 1 aliphatic carbocycles. The highest BCUT2D eigenvalue weighted by Gasteiger charge is 2.44. The van der Waals surface area contributed by atoms with Crippen molar-refractivity contribution in [2.45, 2.75) is 46.1 Å². The number of nitriles is 1. The van der Waals surface area contributed by atoms with E-state index in [-0.39, 0.29) is 6.04 Å². The molecule has 0 radical (unpaired) electrons. The van der Waals surface area contributed by atoms with Gasteiger partial charge in [0.15, 0.2) is 0 Å². The minimum Gasteiger partial charge on any atom is -0.301 e. The smallest absolute Gasteiger partial charge is 0.0950 e. The van der Waals surface area contributed by atoms with Crippen LogP contribution < -0.4 is 5.32 Å². The SMILES string of the molecule is CCC(C#N)NCC1(C(C)C)CC1. The molecule has 0 aromatic carbocycles. The fraction of sp³-hybridized carbons (Fsp3) is 0.909. The van der Waals surface area contributed by atoms with Gasteiger partial charge in [-0.25, -0.2) is 0 Å². The number of nitrogens with zero attached hydrogens (tertiary/aromatic N) is 1. The molecular formula is C11H20N2. The Morgan fingerprint density at radius 3 is 2.38 bits per heavy atom. The summed E-state index contributed by atoms with van der Waals surface area (Å²) in [6.07, 6.45) is 3.57. The minimum absolute atomic E-state index is 0.0521. The molecular weight excluding hydrogens is 160 g/mol. The van der Waals surface area contributed by atoms with E-state index in [9.17, 15) is 0 Å². The molecule has 0 spiro atoms. The molecule has 0 amide bonds. The summed E-state index contributed by atoms with van der Waals surface area (Å²) in [5.41, 5.74) is 0.518. The second-order valence-electron chi connectivity index (χ2n) is 4.49. The molecule has 1 aliphatic rings. The largest absolute Gasteiger partial charge is 0.301 e. The molecule has 1 N–H and O–H groups in total. The van der Waals surface area contributed by atoms with Crippen molar-refractivity contribution in [3.05, 3.63) is 0 Å². The Morgan fingerprint density at radius 2 is 2.08 bits per heavy atom. The third-order valence-electron chi connectivity index (χ3n) is 3.38. The van der Waals surface area contributed by atoms with Crippen LogP contribution in [0.25, 0.3) is 0 Å². The van der Waals surface area contributed by atoms with E-state index in [1.54, 1.807) is 0 Å². The first-order valence-electron chi connectivity index (χ1n) is 5.27. The molecule has 0 bridgehead atoms. The maximum Gasteiger partial charge on any atom is 0.0950 e. The summed E-state index contributed by atoms with van der Waals surface area (Å²) in [4.78, 5) is 0. The van der Waals surface area contributed by atoms with Crippen molar-refractivity contribution in [3.63, 3.8) is 0 Å². The third-order valence-corrected chi connectivity index (χ3v) is 3.38. The summed E-state index contributed by atoms with van der Waals surface area (Å²) in [5, 5.41) is 12.1. The van der Waals surface area contributed by atoms with Gasteiger partial charge in [0, 0.05) is 6.54 Å². The van der Waals surface area contributed by atoms with Gasteiger partial charge in [0.1, 0.15) is 0 Å². The highest BCUT2D eigenvalue weighted by molar-refractivity contribution is 4.99. The summed E-state index contributed by atoms with van der Waals surface area (Å²) in [6, 6.07) is 2.33. The van der Waals surface area contributed by atoms with E-state index in [1.165, 1.54) is 12.8 Å². The van der Waals surface area contributed by atoms with Crippen LogP contribution in [0.15, 0.2) is 0 Å². The van der Waals surface area contributed by atoms with Crippen molar-refractivity contribution in [2.75, 3.05) is 6.54 Å². The molecule has 1 rings (SSSR count). The number of hydrogen-bond donors (Lipinski definition) is 1. The second kappa shape index (κ2) is 4.11. The molecule has 1 fully saturated rings. The fourth-order valence-electron chi connectivity index (χ4n) is 1.73.